The monoisotopic (exact) mass is 366 g/mol. The second kappa shape index (κ2) is 7.39. The van der Waals surface area contributed by atoms with Crippen LogP contribution in [0.5, 0.6) is 5.75 Å². The Morgan fingerprint density at radius 1 is 1.04 bits per heavy atom. The molecule has 140 valence electrons. The highest BCUT2D eigenvalue weighted by Crippen LogP contribution is 2.38. The lowest BCUT2D eigenvalue weighted by Gasteiger charge is -2.39. The highest BCUT2D eigenvalue weighted by molar-refractivity contribution is 5.96. The van der Waals surface area contributed by atoms with Crippen LogP contribution in [0.1, 0.15) is 46.4 Å². The number of carbonyl (C=O) groups excluding carboxylic acids is 2. The van der Waals surface area contributed by atoms with Gasteiger partial charge in [-0.3, -0.25) is 9.78 Å². The molecule has 2 atom stereocenters. The fourth-order valence-corrected chi connectivity index (χ4v) is 4.18. The van der Waals surface area contributed by atoms with E-state index in [0.717, 1.165) is 31.4 Å². The van der Waals surface area contributed by atoms with Crippen LogP contribution in [0.4, 0.5) is 0 Å². The number of rotatable bonds is 4. The molecule has 0 N–H and O–H groups in total. The fourth-order valence-electron chi connectivity index (χ4n) is 4.18. The lowest BCUT2D eigenvalue weighted by molar-refractivity contribution is 0.0357. The maximum atomic E-state index is 13.0. The summed E-state index contributed by atoms with van der Waals surface area (Å²) in [5.41, 5.74) is 1.05. The maximum absolute atomic E-state index is 13.0. The van der Waals surface area contributed by atoms with Crippen LogP contribution >= 0.6 is 0 Å². The molecule has 6 heteroatoms. The van der Waals surface area contributed by atoms with Crippen LogP contribution in [-0.4, -0.2) is 47.1 Å². The summed E-state index contributed by atoms with van der Waals surface area (Å²) in [4.78, 5) is 30.7. The summed E-state index contributed by atoms with van der Waals surface area (Å²) < 4.78 is 10.8. The number of ether oxygens (including phenoxy) is 2. The first-order valence-corrected chi connectivity index (χ1v) is 9.23. The SMILES string of the molecule is COC(=O)c1ccc(C(=O)N2[C@H]3CC[C@H]2CC(Oc2cccnc2)C3)cc1. The number of esters is 1. The van der Waals surface area contributed by atoms with Crippen molar-refractivity contribution >= 4 is 11.9 Å². The molecule has 2 saturated heterocycles. The number of aromatic nitrogens is 1. The van der Waals surface area contributed by atoms with Crippen LogP contribution in [0.25, 0.3) is 0 Å². The van der Waals surface area contributed by atoms with Crippen molar-refractivity contribution in [3.05, 3.63) is 59.9 Å². The smallest absolute Gasteiger partial charge is 0.337 e. The Kier molecular flexibility index (Phi) is 4.79. The zero-order chi connectivity index (χ0) is 18.8. The second-order valence-electron chi connectivity index (χ2n) is 7.07. The minimum Gasteiger partial charge on any atom is -0.489 e. The molecule has 0 saturated carbocycles. The van der Waals surface area contributed by atoms with E-state index >= 15 is 0 Å². The van der Waals surface area contributed by atoms with Gasteiger partial charge in [-0.1, -0.05) is 0 Å². The van der Waals surface area contributed by atoms with Crippen LogP contribution in [0.15, 0.2) is 48.8 Å². The van der Waals surface area contributed by atoms with E-state index in [1.54, 1.807) is 36.7 Å². The van der Waals surface area contributed by atoms with E-state index in [0.29, 0.717) is 11.1 Å². The van der Waals surface area contributed by atoms with Gasteiger partial charge in [-0.15, -0.1) is 0 Å². The van der Waals surface area contributed by atoms with Gasteiger partial charge < -0.3 is 14.4 Å². The molecule has 2 aliphatic rings. The molecule has 2 bridgehead atoms. The minimum atomic E-state index is -0.401. The Labute approximate surface area is 158 Å². The number of methoxy groups -OCH3 is 1. The second-order valence-corrected chi connectivity index (χ2v) is 7.07. The third-order valence-electron chi connectivity index (χ3n) is 5.41. The molecule has 27 heavy (non-hydrogen) atoms. The van der Waals surface area contributed by atoms with E-state index in [9.17, 15) is 9.59 Å². The lowest BCUT2D eigenvalue weighted by atomic mass is 9.98. The highest BCUT2D eigenvalue weighted by atomic mass is 16.5. The number of hydrogen-bond donors (Lipinski definition) is 0. The average Bonchev–Trinajstić information content (AvgIpc) is 2.98. The normalized spacial score (nSPS) is 23.7. The van der Waals surface area contributed by atoms with E-state index < -0.39 is 5.97 Å². The van der Waals surface area contributed by atoms with Crippen molar-refractivity contribution in [3.8, 4) is 5.75 Å². The summed E-state index contributed by atoms with van der Waals surface area (Å²) >= 11 is 0. The molecule has 0 radical (unpaired) electrons. The van der Waals surface area contributed by atoms with Gasteiger partial charge in [0.05, 0.1) is 18.9 Å². The predicted molar refractivity (Wildman–Crippen MR) is 98.6 cm³/mol. The zero-order valence-corrected chi connectivity index (χ0v) is 15.2. The Morgan fingerprint density at radius 3 is 2.30 bits per heavy atom. The topological polar surface area (TPSA) is 68.7 Å². The maximum Gasteiger partial charge on any atom is 0.337 e. The Morgan fingerprint density at radius 2 is 1.70 bits per heavy atom. The quantitative estimate of drug-likeness (QED) is 0.778. The lowest BCUT2D eigenvalue weighted by Crippen LogP contribution is -2.49. The van der Waals surface area contributed by atoms with E-state index in [2.05, 4.69) is 4.98 Å². The van der Waals surface area contributed by atoms with Crippen LogP contribution in [0.2, 0.25) is 0 Å². The first-order chi connectivity index (χ1) is 13.2. The summed E-state index contributed by atoms with van der Waals surface area (Å²) in [5.74, 6) is 0.404. The fraction of sp³-hybridized carbons (Fsp3) is 0.381. The molecule has 0 unspecified atom stereocenters. The molecule has 1 aromatic carbocycles. The Bertz CT molecular complexity index is 808. The third-order valence-corrected chi connectivity index (χ3v) is 5.41. The predicted octanol–water partition coefficient (Wildman–Crippen LogP) is 3.08. The number of fused-ring (bicyclic) bond motifs is 2. The molecule has 2 aromatic rings. The van der Waals surface area contributed by atoms with E-state index in [-0.39, 0.29) is 24.1 Å². The van der Waals surface area contributed by atoms with Gasteiger partial charge in [-0.05, 0) is 49.2 Å². The zero-order valence-electron chi connectivity index (χ0n) is 15.2. The first kappa shape index (κ1) is 17.5. The Hall–Kier alpha value is -2.89. The molecule has 1 amide bonds. The van der Waals surface area contributed by atoms with E-state index in [1.165, 1.54) is 7.11 Å². The van der Waals surface area contributed by atoms with Crippen molar-refractivity contribution < 1.29 is 19.1 Å². The van der Waals surface area contributed by atoms with Gasteiger partial charge in [0.25, 0.3) is 5.91 Å². The first-order valence-electron chi connectivity index (χ1n) is 9.23. The summed E-state index contributed by atoms with van der Waals surface area (Å²) in [5, 5.41) is 0. The third kappa shape index (κ3) is 3.52. The van der Waals surface area contributed by atoms with Gasteiger partial charge in [-0.25, -0.2) is 4.79 Å². The van der Waals surface area contributed by atoms with Gasteiger partial charge in [0.15, 0.2) is 0 Å². The largest absolute Gasteiger partial charge is 0.489 e. The summed E-state index contributed by atoms with van der Waals surface area (Å²) in [6, 6.07) is 10.8. The molecule has 2 aliphatic heterocycles. The van der Waals surface area contributed by atoms with Crippen LogP contribution in [-0.2, 0) is 4.74 Å². The van der Waals surface area contributed by atoms with Crippen molar-refractivity contribution in [2.24, 2.45) is 0 Å². The minimum absolute atomic E-state index is 0.0266. The van der Waals surface area contributed by atoms with E-state index in [4.69, 9.17) is 9.47 Å². The number of piperidine rings is 1. The number of nitrogens with zero attached hydrogens (tertiary/aromatic N) is 2. The number of amides is 1. The molecular weight excluding hydrogens is 344 g/mol. The number of pyridine rings is 1. The molecule has 1 aromatic heterocycles. The molecular formula is C21H22N2O4. The molecule has 4 rings (SSSR count). The number of hydrogen-bond acceptors (Lipinski definition) is 5. The Balaban J connectivity index is 1.44. The van der Waals surface area contributed by atoms with Crippen molar-refractivity contribution in [3.63, 3.8) is 0 Å². The summed E-state index contributed by atoms with van der Waals surface area (Å²) in [6.07, 6.45) is 7.23. The van der Waals surface area contributed by atoms with Crippen LogP contribution < -0.4 is 4.74 Å². The van der Waals surface area contributed by atoms with Crippen molar-refractivity contribution in [2.75, 3.05) is 7.11 Å². The molecule has 3 heterocycles. The van der Waals surface area contributed by atoms with Crippen LogP contribution in [0.3, 0.4) is 0 Å². The molecule has 0 spiro atoms. The van der Waals surface area contributed by atoms with Gasteiger partial charge >= 0.3 is 5.97 Å². The van der Waals surface area contributed by atoms with Crippen molar-refractivity contribution in [2.45, 2.75) is 43.9 Å². The number of carbonyl (C=O) groups is 2. The summed E-state index contributed by atoms with van der Waals surface area (Å²) in [7, 11) is 1.34. The molecule has 0 aliphatic carbocycles. The van der Waals surface area contributed by atoms with E-state index in [1.807, 2.05) is 17.0 Å². The molecule has 6 nitrogen and oxygen atoms in total. The average molecular weight is 366 g/mol. The summed E-state index contributed by atoms with van der Waals surface area (Å²) in [6.45, 7) is 0. The van der Waals surface area contributed by atoms with Crippen molar-refractivity contribution in [1.82, 2.24) is 9.88 Å². The van der Waals surface area contributed by atoms with Crippen molar-refractivity contribution in [1.29, 1.82) is 0 Å². The van der Waals surface area contributed by atoms with Gasteiger partial charge in [0.1, 0.15) is 11.9 Å². The van der Waals surface area contributed by atoms with Gasteiger partial charge in [-0.2, -0.15) is 0 Å². The number of benzene rings is 1. The van der Waals surface area contributed by atoms with Crippen LogP contribution in [0, 0.1) is 0 Å². The van der Waals surface area contributed by atoms with Gasteiger partial charge in [0.2, 0.25) is 0 Å². The molecule has 2 fully saturated rings. The van der Waals surface area contributed by atoms with Gasteiger partial charge in [0, 0.05) is 36.7 Å². The highest BCUT2D eigenvalue weighted by Gasteiger charge is 2.44. The standard InChI is InChI=1S/C21H22N2O4/c1-26-21(25)15-6-4-14(5-7-15)20(24)23-16-8-9-17(23)12-19(11-16)27-18-3-2-10-22-13-18/h2-7,10,13,16-17,19H,8-9,11-12H2,1H3/t16-,17-/m0/s1.